The molecule has 0 aromatic carbocycles. The first-order valence-corrected chi connectivity index (χ1v) is 30.4. The van der Waals surface area contributed by atoms with Gasteiger partial charge in [-0.05, 0) is 73.8 Å². The molecular weight excluding hydrogens is 1040 g/mol. The first-order chi connectivity index (χ1) is 38.2. The lowest BCUT2D eigenvalue weighted by Gasteiger charge is -2.54. The zero-order valence-electron chi connectivity index (χ0n) is 46.3. The molecule has 16 aliphatic rings. The van der Waals surface area contributed by atoms with Gasteiger partial charge in [0.1, 0.15) is 36.6 Å². The molecule has 16 aliphatic heterocycles. The second kappa shape index (κ2) is 19.6. The van der Waals surface area contributed by atoms with Crippen molar-refractivity contribution in [2.75, 3.05) is 0 Å². The van der Waals surface area contributed by atoms with E-state index >= 15 is 0 Å². The summed E-state index contributed by atoms with van der Waals surface area (Å²) in [4.78, 5) is 26.1. The molecule has 0 aliphatic carbocycles. The highest BCUT2D eigenvalue weighted by atomic mass is 16.8. The molecule has 16 rings (SSSR count). The molecule has 16 saturated heterocycles. The Morgan fingerprint density at radius 3 is 2.09 bits per heavy atom. The van der Waals surface area contributed by atoms with Gasteiger partial charge in [-0.3, -0.25) is 9.59 Å². The monoisotopic (exact) mass is 1130 g/mol. The van der Waals surface area contributed by atoms with Gasteiger partial charge in [-0.1, -0.05) is 40.9 Å². The molecule has 80 heavy (non-hydrogen) atoms. The van der Waals surface area contributed by atoms with Crippen molar-refractivity contribution in [1.29, 1.82) is 0 Å². The van der Waals surface area contributed by atoms with E-state index in [1.165, 1.54) is 0 Å². The minimum Gasteiger partial charge on any atom is -0.481 e. The fourth-order valence-electron chi connectivity index (χ4n) is 18.0. The minimum absolute atomic E-state index is 0.00631. The zero-order chi connectivity index (χ0) is 55.1. The lowest BCUT2D eigenvalue weighted by atomic mass is 9.78. The number of rotatable bonds is 2. The summed E-state index contributed by atoms with van der Waals surface area (Å²) in [5.74, 6) is -7.08. The topological polar surface area (TPSA) is 254 Å². The Balaban J connectivity index is 0.666. The van der Waals surface area contributed by atoms with E-state index in [1.807, 2.05) is 0 Å². The third kappa shape index (κ3) is 8.84. The number of esters is 1. The predicted molar refractivity (Wildman–Crippen MR) is 271 cm³/mol. The van der Waals surface area contributed by atoms with E-state index in [-0.39, 0.29) is 110 Å². The Kier molecular flexibility index (Phi) is 13.3. The zero-order valence-corrected chi connectivity index (χ0v) is 46.3. The molecule has 21 heteroatoms. The molecule has 0 amide bonds. The van der Waals surface area contributed by atoms with E-state index in [9.17, 15) is 30.0 Å². The smallest absolute Gasteiger partial charge is 0.308 e. The van der Waals surface area contributed by atoms with Crippen LogP contribution in [-0.4, -0.2) is 202 Å². The van der Waals surface area contributed by atoms with E-state index in [0.717, 1.165) is 24.0 Å². The highest BCUT2D eigenvalue weighted by Gasteiger charge is 2.79. The second-order valence-corrected chi connectivity index (χ2v) is 27.3. The van der Waals surface area contributed by atoms with Gasteiger partial charge < -0.3 is 91.5 Å². The lowest BCUT2D eigenvalue weighted by molar-refractivity contribution is -0.371. The maximum Gasteiger partial charge on any atom is 0.308 e. The van der Waals surface area contributed by atoms with Crippen molar-refractivity contribution in [1.82, 2.24) is 0 Å². The van der Waals surface area contributed by atoms with Gasteiger partial charge in [-0.15, -0.1) is 0 Å². The van der Waals surface area contributed by atoms with Crippen LogP contribution in [-0.2, 0) is 80.6 Å². The van der Waals surface area contributed by atoms with Crippen LogP contribution in [0, 0.1) is 23.7 Å². The largest absolute Gasteiger partial charge is 0.481 e. The maximum atomic E-state index is 14.6. The van der Waals surface area contributed by atoms with Gasteiger partial charge in [0.15, 0.2) is 17.7 Å². The molecule has 0 saturated carbocycles. The summed E-state index contributed by atoms with van der Waals surface area (Å²) in [6.07, 6.45) is -5.45. The molecule has 32 atom stereocenters. The van der Waals surface area contributed by atoms with Gasteiger partial charge in [-0.25, -0.2) is 0 Å². The van der Waals surface area contributed by atoms with Crippen molar-refractivity contribution >= 4 is 11.9 Å². The number of aliphatic hydroxyl groups excluding tert-OH is 2. The summed E-state index contributed by atoms with van der Waals surface area (Å²) in [5, 5.41) is 44.2. The summed E-state index contributed by atoms with van der Waals surface area (Å²) in [6, 6.07) is 0. The number of fused-ring (bicyclic) bond motifs is 10. The molecule has 16 heterocycles. The fraction of sp³-hybridized carbons (Fsp3) is 0.898. The second-order valence-electron chi connectivity index (χ2n) is 27.3. The number of hydrogen-bond acceptors (Lipinski definition) is 20. The number of aliphatic carboxylic acids is 1. The van der Waals surface area contributed by atoms with E-state index in [0.29, 0.717) is 70.6 Å². The van der Waals surface area contributed by atoms with Gasteiger partial charge in [0, 0.05) is 57.3 Å². The highest BCUT2D eigenvalue weighted by Crippen LogP contribution is 2.59. The van der Waals surface area contributed by atoms with Crippen LogP contribution >= 0.6 is 0 Å². The SMILES string of the molecule is C=C1C[C@@H]2CC[C@]34OC5[C@@H]6O[C@H]7CC[C@H](CC(=O)O[C@@H]8[C@@H](C)[C@@H]9O[C@@H]%10C[C@]%11(C[C@@H]%12O[C@]%13(C[C@H](C)[C@@H]%14O[C@H](CC(=O)O)[C@H](O)C[C@@H]%14O%13)C[C@H](C)[C@@H]%12O%11)O[C@@H]%10C[C@@H]9O[C@H]8C[C@H]8O[C@@H](CC[C@@H]1O2)C[C@@H](C)C8=C)O[C@@H]7[C@H](O3)[C@@H]6OC5(O)[C@H]4O. The molecular formula is C59H82O21. The van der Waals surface area contributed by atoms with E-state index in [4.69, 9.17) is 71.1 Å². The van der Waals surface area contributed by atoms with Crippen LogP contribution in [0.1, 0.15) is 137 Å². The summed E-state index contributed by atoms with van der Waals surface area (Å²) < 4.78 is 102. The first-order valence-electron chi connectivity index (χ1n) is 30.4. The van der Waals surface area contributed by atoms with Crippen LogP contribution < -0.4 is 0 Å². The van der Waals surface area contributed by atoms with Gasteiger partial charge >= 0.3 is 11.9 Å². The highest BCUT2D eigenvalue weighted by molar-refractivity contribution is 5.70. The summed E-state index contributed by atoms with van der Waals surface area (Å²) in [7, 11) is 0. The Labute approximate surface area is 466 Å². The Hall–Kier alpha value is -2.26. The number of hydrogen-bond donors (Lipinski definition) is 4. The van der Waals surface area contributed by atoms with E-state index in [1.54, 1.807) is 0 Å². The fourth-order valence-corrected chi connectivity index (χ4v) is 18.0. The average molecular weight is 1130 g/mol. The quantitative estimate of drug-likeness (QED) is 0.226. The van der Waals surface area contributed by atoms with E-state index < -0.39 is 121 Å². The van der Waals surface area contributed by atoms with Crippen molar-refractivity contribution < 1.29 is 101 Å². The molecule has 3 spiro atoms. The maximum absolute atomic E-state index is 14.6. The first kappa shape index (κ1) is 54.4. The number of carbonyl (C=O) groups excluding carboxylic acids is 1. The Bertz CT molecular complexity index is 2460. The normalized spacial score (nSPS) is 58.7. The van der Waals surface area contributed by atoms with Crippen LogP contribution in [0.15, 0.2) is 24.3 Å². The van der Waals surface area contributed by atoms with Crippen molar-refractivity contribution in [3.05, 3.63) is 24.3 Å². The molecule has 444 valence electrons. The Morgan fingerprint density at radius 2 is 1.26 bits per heavy atom. The minimum atomic E-state index is -2.04. The van der Waals surface area contributed by atoms with Crippen LogP contribution in [0.2, 0.25) is 0 Å². The number of carbonyl (C=O) groups is 2. The standard InChI is InChI=1S/C59H82O21/c1-24-13-30-7-9-34-25(2)14-32(66-34)11-12-58-55(64)59(65)54(80-58)53-52(79-59)51(78-58)50-35(70-53)10-8-31(68-50)15-45(63)73-49-29(6)48-40(69-39(49)17-36(67-30)28(24)5)18-38-42(72-48)22-57(74-38)23-43-47(77-57)27(4)21-56(76-43)20-26(3)46-41(75-56)16-33(60)37(71-46)19-44(61)62/h24,26-27,29-43,46-55,60,64-65H,2,5,7-23H2,1,3-4,6H3,(H,61,62)/t24-,26+,27+,29+,30+,31-,32+,33-,34+,35+,36-,37-,38-,39+,40+,41+,42-,43+,46+,47+,48+,49-,50+,51+,52+,53-,54?,55+,56-,57+,58-,59?/m1/s1. The van der Waals surface area contributed by atoms with Crippen LogP contribution in [0.25, 0.3) is 0 Å². The summed E-state index contributed by atoms with van der Waals surface area (Å²) >= 11 is 0. The molecule has 21 nitrogen and oxygen atoms in total. The van der Waals surface area contributed by atoms with Gasteiger partial charge in [0.05, 0.1) is 117 Å². The van der Waals surface area contributed by atoms with Crippen LogP contribution in [0.4, 0.5) is 0 Å². The number of carboxylic acid groups (broad SMARTS) is 1. The molecule has 0 aromatic rings. The van der Waals surface area contributed by atoms with Crippen molar-refractivity contribution in [2.45, 2.75) is 306 Å². The predicted octanol–water partition coefficient (Wildman–Crippen LogP) is 3.95. The van der Waals surface area contributed by atoms with Gasteiger partial charge in [0.25, 0.3) is 0 Å². The third-order valence-electron chi connectivity index (χ3n) is 21.8. The Morgan fingerprint density at radius 1 is 0.562 bits per heavy atom. The molecule has 16 fully saturated rings. The molecule has 0 aromatic heterocycles. The number of ether oxygens (including phenoxy) is 15. The van der Waals surface area contributed by atoms with Crippen LogP contribution in [0.3, 0.4) is 0 Å². The lowest BCUT2D eigenvalue weighted by Crippen LogP contribution is -2.63. The molecule has 4 N–H and O–H groups in total. The molecule has 0 radical (unpaired) electrons. The molecule has 2 unspecified atom stereocenters. The third-order valence-corrected chi connectivity index (χ3v) is 21.8. The van der Waals surface area contributed by atoms with E-state index in [2.05, 4.69) is 40.9 Å². The van der Waals surface area contributed by atoms with Crippen molar-refractivity contribution in [2.24, 2.45) is 23.7 Å². The molecule has 12 bridgehead atoms. The van der Waals surface area contributed by atoms with Crippen molar-refractivity contribution in [3.8, 4) is 0 Å². The summed E-state index contributed by atoms with van der Waals surface area (Å²) in [5.41, 5.74) is 1.99. The summed E-state index contributed by atoms with van der Waals surface area (Å²) in [6.45, 7) is 17.5. The number of aliphatic hydroxyl groups is 3. The van der Waals surface area contributed by atoms with Gasteiger partial charge in [-0.2, -0.15) is 0 Å². The van der Waals surface area contributed by atoms with Crippen molar-refractivity contribution in [3.63, 3.8) is 0 Å². The van der Waals surface area contributed by atoms with Crippen LogP contribution in [0.5, 0.6) is 0 Å². The average Bonchev–Trinajstić information content (AvgIpc) is 4.26. The van der Waals surface area contributed by atoms with Gasteiger partial charge in [0.2, 0.25) is 11.6 Å². The number of carboxylic acids is 1.